The summed E-state index contributed by atoms with van der Waals surface area (Å²) in [6.07, 6.45) is 9.31. The third-order valence-corrected chi connectivity index (χ3v) is 4.50. The molecule has 2 heterocycles. The van der Waals surface area contributed by atoms with Gasteiger partial charge in [-0.25, -0.2) is 9.97 Å². The summed E-state index contributed by atoms with van der Waals surface area (Å²) in [6, 6.07) is 4.51. The zero-order chi connectivity index (χ0) is 12.4. The zero-order valence-corrected chi connectivity index (χ0v) is 11.2. The number of nitrogens with zero attached hydrogens (tertiary/aromatic N) is 3. The van der Waals surface area contributed by atoms with Gasteiger partial charge < -0.3 is 5.32 Å². The minimum Gasteiger partial charge on any atom is -0.367 e. The van der Waals surface area contributed by atoms with Gasteiger partial charge in [0.1, 0.15) is 11.3 Å². The second-order valence-electron chi connectivity index (χ2n) is 4.61. The Balaban J connectivity index is 1.75. The van der Waals surface area contributed by atoms with Gasteiger partial charge in [-0.1, -0.05) is 0 Å². The minimum atomic E-state index is 0.545. The smallest absolute Gasteiger partial charge is 0.180 e. The fourth-order valence-electron chi connectivity index (χ4n) is 2.43. The van der Waals surface area contributed by atoms with Gasteiger partial charge >= 0.3 is 0 Å². The molecule has 0 amide bonds. The number of aromatic nitrogens is 3. The van der Waals surface area contributed by atoms with E-state index in [-0.39, 0.29) is 0 Å². The summed E-state index contributed by atoms with van der Waals surface area (Å²) < 4.78 is 0. The Hall–Kier alpha value is -1.36. The fraction of sp³-hybridized carbons (Fsp3) is 0.462. The van der Waals surface area contributed by atoms with Gasteiger partial charge in [0.05, 0.1) is 0 Å². The molecular weight excluding hydrogens is 244 g/mol. The summed E-state index contributed by atoms with van der Waals surface area (Å²) in [7, 11) is 0. The van der Waals surface area contributed by atoms with E-state index in [1.54, 1.807) is 12.4 Å². The number of hydrogen-bond acceptors (Lipinski definition) is 5. The molecule has 2 atom stereocenters. The number of rotatable bonds is 3. The van der Waals surface area contributed by atoms with E-state index in [0.29, 0.717) is 11.7 Å². The number of fused-ring (bicyclic) bond motifs is 1. The lowest BCUT2D eigenvalue weighted by molar-refractivity contribution is 0.753. The highest BCUT2D eigenvalue weighted by atomic mass is 32.2. The molecule has 94 valence electrons. The summed E-state index contributed by atoms with van der Waals surface area (Å²) in [5, 5.41) is 4.30. The first-order valence-corrected chi connectivity index (χ1v) is 7.51. The molecule has 0 saturated heterocycles. The monoisotopic (exact) mass is 260 g/mol. The lowest BCUT2D eigenvalue weighted by Gasteiger charge is -2.13. The minimum absolute atomic E-state index is 0.545. The Morgan fingerprint density at radius 3 is 2.94 bits per heavy atom. The van der Waals surface area contributed by atoms with Crippen LogP contribution in [0.2, 0.25) is 0 Å². The van der Waals surface area contributed by atoms with Crippen molar-refractivity contribution in [3.63, 3.8) is 0 Å². The van der Waals surface area contributed by atoms with Crippen LogP contribution >= 0.6 is 11.8 Å². The van der Waals surface area contributed by atoms with E-state index in [0.717, 1.165) is 16.6 Å². The molecule has 2 aromatic rings. The van der Waals surface area contributed by atoms with Crippen LogP contribution < -0.4 is 5.32 Å². The Kier molecular flexibility index (Phi) is 3.32. The SMILES string of the molecule is CSC1CCC(Nc2ccc3nccnc3n2)C1. The van der Waals surface area contributed by atoms with Crippen molar-refractivity contribution >= 4 is 28.7 Å². The van der Waals surface area contributed by atoms with E-state index < -0.39 is 0 Å². The zero-order valence-electron chi connectivity index (χ0n) is 10.3. The van der Waals surface area contributed by atoms with Crippen LogP contribution in [0.3, 0.4) is 0 Å². The first-order chi connectivity index (χ1) is 8.85. The third kappa shape index (κ3) is 2.41. The molecule has 0 aliphatic heterocycles. The molecule has 3 rings (SSSR count). The topological polar surface area (TPSA) is 50.7 Å². The molecule has 0 bridgehead atoms. The first kappa shape index (κ1) is 11.7. The average molecular weight is 260 g/mol. The maximum absolute atomic E-state index is 4.50. The number of pyridine rings is 1. The molecular formula is C13H16N4S. The Bertz CT molecular complexity index is 545. The van der Waals surface area contributed by atoms with Gasteiger partial charge in [0.15, 0.2) is 5.65 Å². The summed E-state index contributed by atoms with van der Waals surface area (Å²) in [4.78, 5) is 13.0. The second kappa shape index (κ2) is 5.10. The van der Waals surface area contributed by atoms with Crippen molar-refractivity contribution in [1.82, 2.24) is 15.0 Å². The van der Waals surface area contributed by atoms with Gasteiger partial charge in [-0.15, -0.1) is 0 Å². The number of nitrogens with one attached hydrogen (secondary N) is 1. The Morgan fingerprint density at radius 1 is 1.22 bits per heavy atom. The van der Waals surface area contributed by atoms with Crippen LogP contribution in [0.5, 0.6) is 0 Å². The lowest BCUT2D eigenvalue weighted by atomic mass is 10.2. The predicted molar refractivity (Wildman–Crippen MR) is 75.9 cm³/mol. The van der Waals surface area contributed by atoms with Crippen molar-refractivity contribution in [3.8, 4) is 0 Å². The van der Waals surface area contributed by atoms with E-state index in [2.05, 4.69) is 26.5 Å². The van der Waals surface area contributed by atoms with E-state index in [9.17, 15) is 0 Å². The maximum atomic E-state index is 4.50. The van der Waals surface area contributed by atoms with Gasteiger partial charge in [0.2, 0.25) is 0 Å². The van der Waals surface area contributed by atoms with E-state index in [1.165, 1.54) is 19.3 Å². The maximum Gasteiger partial charge on any atom is 0.180 e. The quantitative estimate of drug-likeness (QED) is 0.919. The highest BCUT2D eigenvalue weighted by molar-refractivity contribution is 7.99. The van der Waals surface area contributed by atoms with Crippen LogP contribution in [0.25, 0.3) is 11.2 Å². The molecule has 1 N–H and O–H groups in total. The van der Waals surface area contributed by atoms with Crippen molar-refractivity contribution in [2.24, 2.45) is 0 Å². The average Bonchev–Trinajstić information content (AvgIpc) is 2.86. The van der Waals surface area contributed by atoms with E-state index >= 15 is 0 Å². The third-order valence-electron chi connectivity index (χ3n) is 3.40. The largest absolute Gasteiger partial charge is 0.367 e. The number of thioether (sulfide) groups is 1. The molecule has 2 unspecified atom stereocenters. The lowest BCUT2D eigenvalue weighted by Crippen LogP contribution is -2.16. The van der Waals surface area contributed by atoms with Crippen LogP contribution in [0, 0.1) is 0 Å². The number of hydrogen-bond donors (Lipinski definition) is 1. The molecule has 1 aliphatic carbocycles. The summed E-state index contributed by atoms with van der Waals surface area (Å²) >= 11 is 1.97. The van der Waals surface area contributed by atoms with Gasteiger partial charge in [-0.05, 0) is 37.7 Å². The highest BCUT2D eigenvalue weighted by Crippen LogP contribution is 2.30. The van der Waals surface area contributed by atoms with Crippen molar-refractivity contribution < 1.29 is 0 Å². The molecule has 5 heteroatoms. The molecule has 18 heavy (non-hydrogen) atoms. The molecule has 1 fully saturated rings. The molecule has 1 aliphatic rings. The normalized spacial score (nSPS) is 23.4. The van der Waals surface area contributed by atoms with Gasteiger partial charge in [-0.2, -0.15) is 11.8 Å². The summed E-state index contributed by atoms with van der Waals surface area (Å²) in [5.74, 6) is 0.912. The van der Waals surface area contributed by atoms with Crippen LogP contribution in [-0.4, -0.2) is 32.5 Å². The fourth-order valence-corrected chi connectivity index (χ4v) is 3.23. The Morgan fingerprint density at radius 2 is 2.11 bits per heavy atom. The van der Waals surface area contributed by atoms with Crippen LogP contribution in [0.1, 0.15) is 19.3 Å². The molecule has 0 aromatic carbocycles. The number of anilines is 1. The van der Waals surface area contributed by atoms with Crippen LogP contribution in [0.15, 0.2) is 24.5 Å². The van der Waals surface area contributed by atoms with Crippen molar-refractivity contribution in [1.29, 1.82) is 0 Å². The van der Waals surface area contributed by atoms with Gasteiger partial charge in [0, 0.05) is 23.7 Å². The van der Waals surface area contributed by atoms with E-state index in [1.807, 2.05) is 23.9 Å². The second-order valence-corrected chi connectivity index (χ2v) is 5.75. The van der Waals surface area contributed by atoms with Crippen LogP contribution in [0.4, 0.5) is 5.82 Å². The predicted octanol–water partition coefficient (Wildman–Crippen LogP) is 2.72. The van der Waals surface area contributed by atoms with Crippen molar-refractivity contribution in [2.75, 3.05) is 11.6 Å². The molecule has 4 nitrogen and oxygen atoms in total. The molecule has 2 aromatic heterocycles. The van der Waals surface area contributed by atoms with Gasteiger partial charge in [0.25, 0.3) is 0 Å². The van der Waals surface area contributed by atoms with Gasteiger partial charge in [-0.3, -0.25) is 4.98 Å². The molecule has 0 spiro atoms. The van der Waals surface area contributed by atoms with E-state index in [4.69, 9.17) is 0 Å². The molecule has 0 radical (unpaired) electrons. The summed E-state index contributed by atoms with van der Waals surface area (Å²) in [6.45, 7) is 0. The van der Waals surface area contributed by atoms with Crippen molar-refractivity contribution in [3.05, 3.63) is 24.5 Å². The van der Waals surface area contributed by atoms with Crippen molar-refractivity contribution in [2.45, 2.75) is 30.6 Å². The summed E-state index contributed by atoms with van der Waals surface area (Å²) in [5.41, 5.74) is 1.55. The Labute approximate surface area is 111 Å². The van der Waals surface area contributed by atoms with Crippen LogP contribution in [-0.2, 0) is 0 Å². The first-order valence-electron chi connectivity index (χ1n) is 6.22. The molecule has 1 saturated carbocycles. The standard InChI is InChI=1S/C13H16N4S/c1-18-10-3-2-9(8-10)16-12-5-4-11-13(17-12)15-7-6-14-11/h4-7,9-10H,2-3,8H2,1H3,(H,15,16,17). The highest BCUT2D eigenvalue weighted by Gasteiger charge is 2.23.